The number of hydrogen-bond acceptors (Lipinski definition) is 2. The van der Waals surface area contributed by atoms with Crippen molar-refractivity contribution in [2.45, 2.75) is 33.1 Å². The molecule has 1 saturated carbocycles. The first-order valence-corrected chi connectivity index (χ1v) is 8.32. The van der Waals surface area contributed by atoms with Crippen LogP contribution in [0.25, 0.3) is 0 Å². The quantitative estimate of drug-likeness (QED) is 0.820. The van der Waals surface area contributed by atoms with Gasteiger partial charge in [0.25, 0.3) is 0 Å². The zero-order chi connectivity index (χ0) is 17.2. The minimum atomic E-state index is -0.936. The van der Waals surface area contributed by atoms with Crippen LogP contribution in [0.15, 0.2) is 48.5 Å². The minimum Gasteiger partial charge on any atom is -0.325 e. The average Bonchev–Trinajstić information content (AvgIpc) is 3.39. The second-order valence-corrected chi connectivity index (χ2v) is 6.41. The first kappa shape index (κ1) is 16.2. The molecule has 0 aliphatic heterocycles. The van der Waals surface area contributed by atoms with Crippen molar-refractivity contribution < 1.29 is 9.59 Å². The Bertz CT molecular complexity index is 744. The van der Waals surface area contributed by atoms with Crippen molar-refractivity contribution in [1.82, 2.24) is 0 Å². The maximum absolute atomic E-state index is 12.6. The summed E-state index contributed by atoms with van der Waals surface area (Å²) in [7, 11) is 0. The second-order valence-electron chi connectivity index (χ2n) is 6.41. The van der Waals surface area contributed by atoms with Gasteiger partial charge in [-0.25, -0.2) is 0 Å². The van der Waals surface area contributed by atoms with Gasteiger partial charge >= 0.3 is 0 Å². The van der Waals surface area contributed by atoms with Crippen molar-refractivity contribution in [2.24, 2.45) is 5.41 Å². The molecule has 0 saturated heterocycles. The van der Waals surface area contributed by atoms with E-state index < -0.39 is 5.41 Å². The van der Waals surface area contributed by atoms with Gasteiger partial charge in [-0.3, -0.25) is 9.59 Å². The van der Waals surface area contributed by atoms with Gasteiger partial charge in [-0.1, -0.05) is 36.8 Å². The number of hydrogen-bond donors (Lipinski definition) is 2. The molecular weight excluding hydrogens is 300 g/mol. The third-order valence-electron chi connectivity index (χ3n) is 4.55. The number of carbonyl (C=O) groups excluding carboxylic acids is 2. The lowest BCUT2D eigenvalue weighted by Crippen LogP contribution is -2.35. The molecule has 2 N–H and O–H groups in total. The summed E-state index contributed by atoms with van der Waals surface area (Å²) < 4.78 is 0. The molecule has 2 amide bonds. The predicted octanol–water partition coefficient (Wildman–Crippen LogP) is 3.91. The van der Waals surface area contributed by atoms with Crippen molar-refractivity contribution >= 4 is 23.2 Å². The number of carbonyl (C=O) groups is 2. The molecule has 1 aliphatic rings. The highest BCUT2D eigenvalue weighted by Gasteiger charge is 2.56. The summed E-state index contributed by atoms with van der Waals surface area (Å²) in [5.74, 6) is -0.453. The lowest BCUT2D eigenvalue weighted by Gasteiger charge is -2.16. The van der Waals surface area contributed by atoms with E-state index in [9.17, 15) is 9.59 Å². The number of amides is 2. The van der Waals surface area contributed by atoms with E-state index in [2.05, 4.69) is 17.6 Å². The molecule has 4 nitrogen and oxygen atoms in total. The van der Waals surface area contributed by atoms with Gasteiger partial charge in [-0.05, 0) is 56.0 Å². The number of nitrogens with one attached hydrogen (secondary N) is 2. The van der Waals surface area contributed by atoms with Crippen molar-refractivity contribution in [1.29, 1.82) is 0 Å². The van der Waals surface area contributed by atoms with Crippen LogP contribution in [0.3, 0.4) is 0 Å². The van der Waals surface area contributed by atoms with Crippen LogP contribution >= 0.6 is 0 Å². The summed E-state index contributed by atoms with van der Waals surface area (Å²) in [6.45, 7) is 4.08. The number of benzene rings is 2. The molecule has 0 heterocycles. The number of anilines is 2. The molecule has 0 radical (unpaired) electrons. The fourth-order valence-corrected chi connectivity index (χ4v) is 2.64. The van der Waals surface area contributed by atoms with Gasteiger partial charge in [-0.2, -0.15) is 0 Å². The summed E-state index contributed by atoms with van der Waals surface area (Å²) in [5.41, 5.74) is 2.85. The van der Waals surface area contributed by atoms with Crippen molar-refractivity contribution in [3.05, 3.63) is 59.7 Å². The Hall–Kier alpha value is -2.62. The maximum atomic E-state index is 12.6. The zero-order valence-electron chi connectivity index (χ0n) is 14.1. The Labute approximate surface area is 142 Å². The van der Waals surface area contributed by atoms with E-state index in [0.29, 0.717) is 12.8 Å². The van der Waals surface area contributed by atoms with E-state index in [-0.39, 0.29) is 11.8 Å². The van der Waals surface area contributed by atoms with Gasteiger partial charge in [0.15, 0.2) is 0 Å². The second kappa shape index (κ2) is 6.48. The number of rotatable bonds is 5. The van der Waals surface area contributed by atoms with Crippen LogP contribution in [-0.2, 0) is 16.0 Å². The van der Waals surface area contributed by atoms with Gasteiger partial charge in [0.1, 0.15) is 5.41 Å². The highest BCUT2D eigenvalue weighted by atomic mass is 16.2. The molecule has 2 aromatic rings. The Morgan fingerprint density at radius 3 is 1.75 bits per heavy atom. The minimum absolute atomic E-state index is 0.226. The van der Waals surface area contributed by atoms with Crippen LogP contribution in [0.1, 0.15) is 30.9 Å². The fourth-order valence-electron chi connectivity index (χ4n) is 2.64. The zero-order valence-corrected chi connectivity index (χ0v) is 14.1. The molecule has 0 aromatic heterocycles. The lowest BCUT2D eigenvalue weighted by atomic mass is 10.0. The third kappa shape index (κ3) is 3.32. The first-order valence-electron chi connectivity index (χ1n) is 8.32. The molecule has 0 spiro atoms. The molecule has 4 heteroatoms. The summed E-state index contributed by atoms with van der Waals surface area (Å²) >= 11 is 0. The van der Waals surface area contributed by atoms with E-state index >= 15 is 0 Å². The summed E-state index contributed by atoms with van der Waals surface area (Å²) in [4.78, 5) is 25.1. The van der Waals surface area contributed by atoms with Crippen LogP contribution in [0.5, 0.6) is 0 Å². The summed E-state index contributed by atoms with van der Waals surface area (Å²) in [6, 6.07) is 15.3. The Kier molecular flexibility index (Phi) is 4.38. The topological polar surface area (TPSA) is 58.2 Å². The molecule has 1 fully saturated rings. The summed E-state index contributed by atoms with van der Waals surface area (Å²) in [5, 5.41) is 5.73. The predicted molar refractivity (Wildman–Crippen MR) is 95.9 cm³/mol. The highest BCUT2D eigenvalue weighted by molar-refractivity contribution is 6.16. The molecule has 0 unspecified atom stereocenters. The normalized spacial score (nSPS) is 14.8. The molecular formula is C20H22N2O2. The van der Waals surface area contributed by atoms with Crippen LogP contribution in [0, 0.1) is 12.3 Å². The van der Waals surface area contributed by atoms with Gasteiger partial charge in [0.2, 0.25) is 11.8 Å². The van der Waals surface area contributed by atoms with E-state index in [4.69, 9.17) is 0 Å². The molecule has 0 atom stereocenters. The Morgan fingerprint density at radius 1 is 0.875 bits per heavy atom. The largest absolute Gasteiger partial charge is 0.325 e. The van der Waals surface area contributed by atoms with Gasteiger partial charge < -0.3 is 10.6 Å². The van der Waals surface area contributed by atoms with Crippen LogP contribution in [-0.4, -0.2) is 11.8 Å². The van der Waals surface area contributed by atoms with Crippen molar-refractivity contribution in [3.63, 3.8) is 0 Å². The lowest BCUT2D eigenvalue weighted by molar-refractivity contribution is -0.131. The monoisotopic (exact) mass is 322 g/mol. The summed E-state index contributed by atoms with van der Waals surface area (Å²) in [6.07, 6.45) is 2.13. The first-order chi connectivity index (χ1) is 11.5. The van der Waals surface area contributed by atoms with Gasteiger partial charge in [0, 0.05) is 11.4 Å². The Balaban J connectivity index is 1.66. The molecule has 124 valence electrons. The van der Waals surface area contributed by atoms with E-state index in [1.165, 1.54) is 5.56 Å². The average molecular weight is 322 g/mol. The SMILES string of the molecule is CCc1ccc(NC(=O)C2(C(=O)Nc3ccc(C)cc3)CC2)cc1. The van der Waals surface area contributed by atoms with Crippen molar-refractivity contribution in [3.8, 4) is 0 Å². The standard InChI is InChI=1S/C20H22N2O2/c1-3-15-6-10-17(11-7-15)22-19(24)20(12-13-20)18(23)21-16-8-4-14(2)5-9-16/h4-11H,3,12-13H2,1-2H3,(H,21,23)(H,22,24). The Morgan fingerprint density at radius 2 is 1.33 bits per heavy atom. The van der Waals surface area contributed by atoms with Crippen LogP contribution < -0.4 is 10.6 Å². The third-order valence-corrected chi connectivity index (χ3v) is 4.55. The molecule has 0 bridgehead atoms. The maximum Gasteiger partial charge on any atom is 0.240 e. The number of aryl methyl sites for hydroxylation is 2. The van der Waals surface area contributed by atoms with E-state index in [1.54, 1.807) is 0 Å². The molecule has 2 aromatic carbocycles. The van der Waals surface area contributed by atoms with Gasteiger partial charge in [0.05, 0.1) is 0 Å². The van der Waals surface area contributed by atoms with Crippen molar-refractivity contribution in [2.75, 3.05) is 10.6 Å². The smallest absolute Gasteiger partial charge is 0.240 e. The molecule has 1 aliphatic carbocycles. The van der Waals surface area contributed by atoms with Crippen LogP contribution in [0.2, 0.25) is 0 Å². The molecule has 24 heavy (non-hydrogen) atoms. The highest BCUT2D eigenvalue weighted by Crippen LogP contribution is 2.47. The van der Waals surface area contributed by atoms with E-state index in [0.717, 1.165) is 23.4 Å². The van der Waals surface area contributed by atoms with Crippen LogP contribution in [0.4, 0.5) is 11.4 Å². The molecule has 3 rings (SSSR count). The fraction of sp³-hybridized carbons (Fsp3) is 0.300. The van der Waals surface area contributed by atoms with Gasteiger partial charge in [-0.15, -0.1) is 0 Å². The van der Waals surface area contributed by atoms with E-state index in [1.807, 2.05) is 55.5 Å².